The van der Waals surface area contributed by atoms with E-state index in [4.69, 9.17) is 0 Å². The predicted molar refractivity (Wildman–Crippen MR) is 96.6 cm³/mol. The first-order chi connectivity index (χ1) is 12.7. The van der Waals surface area contributed by atoms with Crippen molar-refractivity contribution in [3.05, 3.63) is 53.6 Å². The van der Waals surface area contributed by atoms with Gasteiger partial charge in [0.05, 0.1) is 11.3 Å². The Morgan fingerprint density at radius 3 is 2.70 bits per heavy atom. The molecule has 8 heteroatoms. The number of amides is 2. The number of anilines is 2. The van der Waals surface area contributed by atoms with Crippen molar-refractivity contribution in [2.75, 3.05) is 10.2 Å². The molecule has 2 aliphatic rings. The summed E-state index contributed by atoms with van der Waals surface area (Å²) in [5.41, 5.74) is 0.0155. The van der Waals surface area contributed by atoms with Gasteiger partial charge in [-0.25, -0.2) is 0 Å². The van der Waals surface area contributed by atoms with E-state index in [2.05, 4.69) is 5.32 Å². The van der Waals surface area contributed by atoms with Crippen LogP contribution in [0.5, 0.6) is 0 Å². The number of aryl methyl sites for hydroxylation is 1. The van der Waals surface area contributed by atoms with Gasteiger partial charge in [-0.05, 0) is 43.2 Å². The maximum Gasteiger partial charge on any atom is 0.416 e. The van der Waals surface area contributed by atoms with E-state index in [1.54, 1.807) is 12.1 Å². The van der Waals surface area contributed by atoms with Crippen LogP contribution in [0, 0.1) is 6.92 Å². The van der Waals surface area contributed by atoms with Gasteiger partial charge in [0, 0.05) is 17.0 Å². The standard InChI is InChI=1S/C19H15F3N2O2S/c1-11-6-7-12(10-13(11)19(20,21)22)23-17(26)18-9-8-16(25)24(18)14-4-2-3-5-15(14)27-18/h2-7,10H,8-9H2,1H3,(H,23,26)/t18-/m1/s1. The molecule has 0 radical (unpaired) electrons. The maximum atomic E-state index is 13.1. The van der Waals surface area contributed by atoms with E-state index in [1.807, 2.05) is 12.1 Å². The summed E-state index contributed by atoms with van der Waals surface area (Å²) in [6.07, 6.45) is -3.98. The maximum absolute atomic E-state index is 13.1. The highest BCUT2D eigenvalue weighted by molar-refractivity contribution is 8.02. The number of thioether (sulfide) groups is 1. The van der Waals surface area contributed by atoms with Gasteiger partial charge >= 0.3 is 6.18 Å². The molecule has 4 rings (SSSR count). The third kappa shape index (κ3) is 2.79. The Kier molecular flexibility index (Phi) is 3.99. The molecule has 1 fully saturated rings. The zero-order valence-electron chi connectivity index (χ0n) is 14.3. The molecule has 1 saturated heterocycles. The molecule has 0 saturated carbocycles. The van der Waals surface area contributed by atoms with E-state index < -0.39 is 22.5 Å². The van der Waals surface area contributed by atoms with Gasteiger partial charge in [0.25, 0.3) is 5.91 Å². The second-order valence-electron chi connectivity index (χ2n) is 6.56. The highest BCUT2D eigenvalue weighted by Crippen LogP contribution is 2.56. The van der Waals surface area contributed by atoms with Crippen molar-refractivity contribution in [2.24, 2.45) is 0 Å². The Labute approximate surface area is 157 Å². The minimum absolute atomic E-state index is 0.0585. The van der Waals surface area contributed by atoms with Crippen LogP contribution in [-0.4, -0.2) is 16.7 Å². The van der Waals surface area contributed by atoms with E-state index in [-0.39, 0.29) is 23.6 Å². The second-order valence-corrected chi connectivity index (χ2v) is 7.88. The number of carbonyl (C=O) groups is 2. The van der Waals surface area contributed by atoms with Crippen LogP contribution in [0.2, 0.25) is 0 Å². The molecule has 4 nitrogen and oxygen atoms in total. The van der Waals surface area contributed by atoms with Gasteiger partial charge in [-0.15, -0.1) is 0 Å². The molecule has 2 heterocycles. The van der Waals surface area contributed by atoms with Crippen LogP contribution < -0.4 is 10.2 Å². The lowest BCUT2D eigenvalue weighted by molar-refractivity contribution is -0.138. The van der Waals surface area contributed by atoms with Gasteiger partial charge in [0.2, 0.25) is 5.91 Å². The number of rotatable bonds is 2. The number of alkyl halides is 3. The van der Waals surface area contributed by atoms with Crippen LogP contribution in [-0.2, 0) is 15.8 Å². The molecule has 2 aromatic rings. The summed E-state index contributed by atoms with van der Waals surface area (Å²) in [5, 5.41) is 2.59. The van der Waals surface area contributed by atoms with Crippen LogP contribution in [0.15, 0.2) is 47.4 Å². The zero-order valence-corrected chi connectivity index (χ0v) is 15.1. The first-order valence-corrected chi connectivity index (χ1v) is 9.14. The number of para-hydroxylation sites is 1. The first kappa shape index (κ1) is 17.9. The third-order valence-corrected chi connectivity index (χ3v) is 6.30. The Balaban J connectivity index is 1.67. The second kappa shape index (κ2) is 6.02. The molecule has 1 N–H and O–H groups in total. The van der Waals surface area contributed by atoms with Crippen molar-refractivity contribution in [1.29, 1.82) is 0 Å². The normalized spacial score (nSPS) is 21.2. The van der Waals surface area contributed by atoms with Gasteiger partial charge < -0.3 is 5.32 Å². The van der Waals surface area contributed by atoms with E-state index in [9.17, 15) is 22.8 Å². The van der Waals surface area contributed by atoms with Gasteiger partial charge in [-0.2, -0.15) is 13.2 Å². The van der Waals surface area contributed by atoms with Crippen LogP contribution in [0.3, 0.4) is 0 Å². The van der Waals surface area contributed by atoms with Gasteiger partial charge in [-0.1, -0.05) is 30.0 Å². The fourth-order valence-corrected chi connectivity index (χ4v) is 4.95. The van der Waals surface area contributed by atoms with Crippen molar-refractivity contribution in [3.63, 3.8) is 0 Å². The van der Waals surface area contributed by atoms with E-state index >= 15 is 0 Å². The average Bonchev–Trinajstić information content (AvgIpc) is 3.12. The fraction of sp³-hybridized carbons (Fsp3) is 0.263. The molecule has 1 atom stereocenters. The molecule has 27 heavy (non-hydrogen) atoms. The molecule has 0 aromatic heterocycles. The predicted octanol–water partition coefficient (Wildman–Crippen LogP) is 4.58. The lowest BCUT2D eigenvalue weighted by atomic mass is 10.1. The number of nitrogens with one attached hydrogen (secondary N) is 1. The molecule has 0 bridgehead atoms. The number of nitrogens with zero attached hydrogens (tertiary/aromatic N) is 1. The molecule has 0 spiro atoms. The molecular weight excluding hydrogens is 377 g/mol. The SMILES string of the molecule is Cc1ccc(NC(=O)[C@]23CCC(=O)N2c2ccccc2S3)cc1C(F)(F)F. The van der Waals surface area contributed by atoms with Crippen molar-refractivity contribution in [3.8, 4) is 0 Å². The van der Waals surface area contributed by atoms with Gasteiger partial charge in [0.15, 0.2) is 4.87 Å². The van der Waals surface area contributed by atoms with Gasteiger partial charge in [-0.3, -0.25) is 14.5 Å². The summed E-state index contributed by atoms with van der Waals surface area (Å²) >= 11 is 1.27. The Morgan fingerprint density at radius 1 is 1.22 bits per heavy atom. The summed E-state index contributed by atoms with van der Waals surface area (Å²) in [7, 11) is 0. The van der Waals surface area contributed by atoms with Crippen molar-refractivity contribution < 1.29 is 22.8 Å². The molecule has 2 aromatic carbocycles. The van der Waals surface area contributed by atoms with Crippen LogP contribution in [0.1, 0.15) is 24.0 Å². The summed E-state index contributed by atoms with van der Waals surface area (Å²) in [6.45, 7) is 1.37. The van der Waals surface area contributed by atoms with E-state index in [0.717, 1.165) is 11.0 Å². The van der Waals surface area contributed by atoms with Crippen molar-refractivity contribution in [2.45, 2.75) is 35.7 Å². The summed E-state index contributed by atoms with van der Waals surface area (Å²) in [4.78, 5) is 26.6. The molecule has 2 aliphatic heterocycles. The Hall–Kier alpha value is -2.48. The third-order valence-electron chi connectivity index (χ3n) is 4.83. The number of carbonyl (C=O) groups excluding carboxylic acids is 2. The molecule has 140 valence electrons. The molecular formula is C19H15F3N2O2S. The first-order valence-electron chi connectivity index (χ1n) is 8.33. The smallest absolute Gasteiger partial charge is 0.323 e. The highest BCUT2D eigenvalue weighted by atomic mass is 32.2. The minimum atomic E-state index is -4.50. The number of hydrogen-bond donors (Lipinski definition) is 1. The summed E-state index contributed by atoms with van der Waals surface area (Å²) in [6, 6.07) is 10.9. The van der Waals surface area contributed by atoms with E-state index in [0.29, 0.717) is 12.1 Å². The summed E-state index contributed by atoms with van der Waals surface area (Å²) in [5.74, 6) is -0.658. The van der Waals surface area contributed by atoms with Crippen LogP contribution >= 0.6 is 11.8 Å². The number of fused-ring (bicyclic) bond motifs is 3. The number of halogens is 3. The molecule has 0 unspecified atom stereocenters. The Morgan fingerprint density at radius 2 is 1.96 bits per heavy atom. The monoisotopic (exact) mass is 392 g/mol. The lowest BCUT2D eigenvalue weighted by Gasteiger charge is -2.29. The largest absolute Gasteiger partial charge is 0.416 e. The number of benzene rings is 2. The van der Waals surface area contributed by atoms with Crippen molar-refractivity contribution >= 4 is 35.0 Å². The quantitative estimate of drug-likeness (QED) is 0.814. The minimum Gasteiger partial charge on any atom is -0.323 e. The topological polar surface area (TPSA) is 49.4 Å². The summed E-state index contributed by atoms with van der Waals surface area (Å²) < 4.78 is 39.4. The number of hydrogen-bond acceptors (Lipinski definition) is 3. The van der Waals surface area contributed by atoms with Crippen molar-refractivity contribution in [1.82, 2.24) is 0 Å². The average molecular weight is 392 g/mol. The fourth-order valence-electron chi connectivity index (χ4n) is 3.53. The van der Waals surface area contributed by atoms with Crippen LogP contribution in [0.25, 0.3) is 0 Å². The van der Waals surface area contributed by atoms with Crippen LogP contribution in [0.4, 0.5) is 24.5 Å². The molecule has 2 amide bonds. The molecule has 0 aliphatic carbocycles. The zero-order chi connectivity index (χ0) is 19.4. The van der Waals surface area contributed by atoms with Gasteiger partial charge in [0.1, 0.15) is 0 Å². The van der Waals surface area contributed by atoms with E-state index in [1.165, 1.54) is 35.7 Å². The lowest BCUT2D eigenvalue weighted by Crippen LogP contribution is -2.49. The Bertz CT molecular complexity index is 960. The highest BCUT2D eigenvalue weighted by Gasteiger charge is 2.57.